The van der Waals surface area contributed by atoms with E-state index in [1.54, 1.807) is 148 Å². The van der Waals surface area contributed by atoms with Gasteiger partial charge in [-0.15, -0.1) is 0 Å². The minimum atomic E-state index is -0.561. The number of aliphatic hydroxyl groups is 4. The van der Waals surface area contributed by atoms with Crippen LogP contribution in [0.2, 0.25) is 0 Å². The van der Waals surface area contributed by atoms with Gasteiger partial charge in [0.25, 0.3) is 22.2 Å². The topological polar surface area (TPSA) is 635 Å². The molecule has 5 saturated heterocycles. The molecule has 49 nitrogen and oxygen atoms in total. The minimum absolute atomic E-state index is 0.0427. The third-order valence-electron chi connectivity index (χ3n) is 26.1. The highest BCUT2D eigenvalue weighted by Gasteiger charge is 2.34. The molecule has 740 valence electrons. The van der Waals surface area contributed by atoms with Crippen LogP contribution in [-0.2, 0) is 35.1 Å². The molecule has 0 bridgehead atoms. The van der Waals surface area contributed by atoms with Gasteiger partial charge in [-0.05, 0) is 119 Å². The molecule has 0 atom stereocenters. The van der Waals surface area contributed by atoms with E-state index in [9.17, 15) is 72.5 Å². The van der Waals surface area contributed by atoms with Gasteiger partial charge in [-0.1, -0.05) is 11.8 Å². The summed E-state index contributed by atoms with van der Waals surface area (Å²) in [6.07, 6.45) is 28.3. The average molecular weight is 1990 g/mol. The van der Waals surface area contributed by atoms with E-state index in [-0.39, 0.29) is 81.5 Å². The number of pyridine rings is 8. The van der Waals surface area contributed by atoms with Crippen molar-refractivity contribution >= 4 is 135 Å². The SMILES string of the molecule is CC(=O)Cc1ncc(-c2ccc3ncc4c(=O)[nH]c(=O)n(C5CCN(C(=O)CO)CC5)c4c3n2)cn1.CSc1ncc(-c2ccc3ncc4c(=O)[nH]c(=O)n(C5CCN(C(=O)CO)CC5)c4c3n2)cn1.O=C(CO)N1CCC(n2c(=O)[nH]c(=O)c3cnc4ccc(-c5cnc(-n6cccn6)nc5)nc4c32)CC1.O=C(CO)N1CCC(n2c(=O)[nH]c(=O)c3cnc4ccc(-c5cnc(N6CCOCC6)nc5)nc4c32)CC1. The molecular weight excluding hydrogens is 1900 g/mol. The number of ether oxygens (including phenoxy) is 1. The van der Waals surface area contributed by atoms with Gasteiger partial charge in [0.15, 0.2) is 5.16 Å². The molecule has 5 fully saturated rings. The summed E-state index contributed by atoms with van der Waals surface area (Å²) < 4.78 is 13.1. The van der Waals surface area contributed by atoms with Gasteiger partial charge >= 0.3 is 22.8 Å². The summed E-state index contributed by atoms with van der Waals surface area (Å²) in [5, 5.41) is 42.4. The van der Waals surface area contributed by atoms with E-state index in [0.717, 1.165) is 13.1 Å². The summed E-state index contributed by atoms with van der Waals surface area (Å²) in [5.74, 6) is 0.00931. The second kappa shape index (κ2) is 42.1. The fourth-order valence-electron chi connectivity index (χ4n) is 18.8. The van der Waals surface area contributed by atoms with Crippen molar-refractivity contribution in [3.63, 3.8) is 0 Å². The van der Waals surface area contributed by atoms with Gasteiger partial charge in [-0.2, -0.15) is 5.10 Å². The van der Waals surface area contributed by atoms with Crippen LogP contribution >= 0.6 is 11.8 Å². The number of thioether (sulfide) groups is 1. The zero-order valence-corrected chi connectivity index (χ0v) is 78.6. The molecule has 22 rings (SSSR count). The maximum atomic E-state index is 13.1. The van der Waals surface area contributed by atoms with Crippen LogP contribution in [-0.4, -0.2) is 309 Å². The number of nitrogens with one attached hydrogen (secondary N) is 4. The molecule has 0 aromatic carbocycles. The number of fused-ring (bicyclic) bond motifs is 12. The molecule has 0 aliphatic carbocycles. The molecule has 22 heterocycles. The van der Waals surface area contributed by atoms with Crippen molar-refractivity contribution in [3.8, 4) is 51.0 Å². The first-order valence-corrected chi connectivity index (χ1v) is 47.6. The van der Waals surface area contributed by atoms with Crippen LogP contribution < -0.4 is 49.9 Å². The van der Waals surface area contributed by atoms with Gasteiger partial charge in [0, 0.05) is 199 Å². The van der Waals surface area contributed by atoms with E-state index in [0.29, 0.717) is 251 Å². The minimum Gasteiger partial charge on any atom is -0.387 e. The monoisotopic (exact) mass is 1990 g/mol. The highest BCUT2D eigenvalue weighted by Crippen LogP contribution is 2.36. The summed E-state index contributed by atoms with van der Waals surface area (Å²) in [5.41, 5.74) is 5.91. The smallest absolute Gasteiger partial charge is 0.329 e. The maximum Gasteiger partial charge on any atom is 0.329 e. The Morgan fingerprint density at radius 1 is 0.366 bits per heavy atom. The normalized spacial score (nSPS) is 15.1. The number of aromatic amines is 4. The van der Waals surface area contributed by atoms with E-state index in [1.807, 2.05) is 12.3 Å². The molecule has 17 aromatic rings. The second-order valence-corrected chi connectivity index (χ2v) is 35.5. The number of hydrogen-bond acceptors (Lipinski definition) is 37. The van der Waals surface area contributed by atoms with Gasteiger partial charge in [0.2, 0.25) is 35.5 Å². The first-order valence-electron chi connectivity index (χ1n) is 46.4. The number of morpholine rings is 1. The Kier molecular flexibility index (Phi) is 28.1. The van der Waals surface area contributed by atoms with Crippen LogP contribution in [0.25, 0.3) is 139 Å². The van der Waals surface area contributed by atoms with Crippen LogP contribution in [0.4, 0.5) is 5.95 Å². The first kappa shape index (κ1) is 96.9. The summed E-state index contributed by atoms with van der Waals surface area (Å²) in [6.45, 7) is 5.10. The Hall–Kier alpha value is -17.0. The number of Topliss-reactive ketones (excluding diaryl/α,β-unsaturated/α-hetero) is 1. The molecular formula is C95H91N31O18S. The lowest BCUT2D eigenvalue weighted by Crippen LogP contribution is -2.43. The predicted octanol–water partition coefficient (Wildman–Crippen LogP) is 1.86. The Balaban J connectivity index is 0.000000122. The molecule has 0 unspecified atom stereocenters. The third kappa shape index (κ3) is 19.9. The van der Waals surface area contributed by atoms with Gasteiger partial charge in [0.05, 0.1) is 108 Å². The Labute approximate surface area is 818 Å². The number of ketones is 1. The number of amides is 4. The Bertz CT molecular complexity index is 8420. The second-order valence-electron chi connectivity index (χ2n) is 34.8. The van der Waals surface area contributed by atoms with E-state index >= 15 is 0 Å². The molecule has 4 amide bonds. The van der Waals surface area contributed by atoms with Gasteiger partial charge in [0.1, 0.15) is 60.1 Å². The number of likely N-dealkylation sites (tertiary alicyclic amines) is 4. The number of nitrogens with zero attached hydrogens (tertiary/aromatic N) is 27. The van der Waals surface area contributed by atoms with Crippen LogP contribution in [0, 0.1) is 0 Å². The molecule has 0 saturated carbocycles. The van der Waals surface area contributed by atoms with E-state index in [1.165, 1.54) is 48.0 Å². The number of carbonyl (C=O) groups is 5. The lowest BCUT2D eigenvalue weighted by atomic mass is 10.0. The molecule has 5 aliphatic rings. The quantitative estimate of drug-likeness (QED) is 0.0366. The number of aromatic nitrogens is 26. The van der Waals surface area contributed by atoms with Gasteiger partial charge in [-0.3, -0.25) is 101 Å². The molecule has 8 N–H and O–H groups in total. The fraction of sp³-hybridized carbons (Fsp3) is 0.326. The maximum absolute atomic E-state index is 13.1. The molecule has 5 aliphatic heterocycles. The highest BCUT2D eigenvalue weighted by atomic mass is 32.2. The number of aliphatic hydroxyl groups excluding tert-OH is 4. The van der Waals surface area contributed by atoms with Gasteiger partial charge < -0.3 is 49.7 Å². The zero-order valence-electron chi connectivity index (χ0n) is 77.8. The summed E-state index contributed by atoms with van der Waals surface area (Å²) in [6, 6.07) is 14.9. The molecule has 17 aromatic heterocycles. The molecule has 0 radical (unpaired) electrons. The van der Waals surface area contributed by atoms with Crippen molar-refractivity contribution in [2.24, 2.45) is 0 Å². The lowest BCUT2D eigenvalue weighted by Gasteiger charge is -2.33. The zero-order chi connectivity index (χ0) is 101. The Morgan fingerprint density at radius 2 is 0.648 bits per heavy atom. The van der Waals surface area contributed by atoms with Crippen LogP contribution in [0.3, 0.4) is 0 Å². The van der Waals surface area contributed by atoms with Crippen molar-refractivity contribution in [1.82, 2.24) is 147 Å². The first-order chi connectivity index (χ1) is 70.4. The highest BCUT2D eigenvalue weighted by molar-refractivity contribution is 7.98. The molecule has 145 heavy (non-hydrogen) atoms. The van der Waals surface area contributed by atoms with Crippen molar-refractivity contribution in [2.45, 2.75) is 94.0 Å². The van der Waals surface area contributed by atoms with Crippen molar-refractivity contribution in [1.29, 1.82) is 0 Å². The number of H-pyrrole nitrogens is 4. The number of piperidine rings is 4. The van der Waals surface area contributed by atoms with E-state index < -0.39 is 71.4 Å². The van der Waals surface area contributed by atoms with Crippen LogP contribution in [0.1, 0.15) is 88.3 Å². The Morgan fingerprint density at radius 3 is 0.917 bits per heavy atom. The number of anilines is 1. The lowest BCUT2D eigenvalue weighted by molar-refractivity contribution is -0.136. The van der Waals surface area contributed by atoms with Crippen molar-refractivity contribution in [2.75, 3.05) is 116 Å². The molecule has 0 spiro atoms. The summed E-state index contributed by atoms with van der Waals surface area (Å²) in [7, 11) is 0. The fourth-order valence-corrected chi connectivity index (χ4v) is 19.1. The van der Waals surface area contributed by atoms with E-state index in [4.69, 9.17) is 34.9 Å². The number of carbonyl (C=O) groups excluding carboxylic acids is 5. The number of hydrogen-bond donors (Lipinski definition) is 8. The third-order valence-corrected chi connectivity index (χ3v) is 26.7. The van der Waals surface area contributed by atoms with E-state index in [2.05, 4.69) is 89.7 Å². The van der Waals surface area contributed by atoms with Crippen LogP contribution in [0.5, 0.6) is 0 Å². The standard InChI is InChI=1S/C25H26N8O5.C24H21N9O4.C24H23N7O5.C22H21N7O4S/c34-14-20(35)31-5-3-16(4-6-31)33-22-17(23(36)30-25(33)37)13-26-19-2-1-18(29-21(19)22)15-11-27-24(28-12-15)32-7-9-38-10-8-32;34-13-19(35)31-8-4-15(5-9-31)33-21-16(22(36)30-24(33)37)12-25-18-3-2-17(29-20(18)21)14-10-26-23(27-11-14)32-7-1-6-28-32;1-13(33)8-19-26-9-14(10-27-19)17-2-3-18-21(28-17)22-16(11-25-18)23(35)29-24(36)31(22)15-4-6-30(7-5-15)20(34)12-32;1-34-21-24-8-12(9-25-21)15-2-3-16-18(26-15)19-14(10-23-16)20(32)27-22(33)29(19)13-4-6-28(7-5-13)17(31)11-30/h1-2,11-13,16,34H,3-10,14H2,(H,30,36,37);1-3,6-7,10-12,15,34H,4-5,8-9,13H2,(H,30,36,37);2-3,9-11,15,32H,4-8,12H2,1H3,(H,29,35,36);2-3,8-10,13,30H,4-7,11H2,1H3,(H,27,32,33). The van der Waals surface area contributed by atoms with Crippen molar-refractivity contribution in [3.05, 3.63) is 231 Å². The molecule has 50 heteroatoms. The summed E-state index contributed by atoms with van der Waals surface area (Å²) in [4.78, 5) is 251. The largest absolute Gasteiger partial charge is 0.387 e. The van der Waals surface area contributed by atoms with Gasteiger partial charge in [-0.25, -0.2) is 83.7 Å². The number of rotatable bonds is 17. The average Bonchev–Trinajstić information content (AvgIpc) is 0.931. The van der Waals surface area contributed by atoms with Crippen LogP contribution in [0.15, 0.2) is 185 Å². The predicted molar refractivity (Wildman–Crippen MR) is 526 cm³/mol. The summed E-state index contributed by atoms with van der Waals surface area (Å²) >= 11 is 1.43. The van der Waals surface area contributed by atoms with Crippen molar-refractivity contribution < 1.29 is 49.1 Å².